The maximum absolute atomic E-state index is 14.9. The molecule has 1 saturated heterocycles. The molecule has 3 saturated carbocycles. The number of allylic oxidation sites excluding steroid dienone is 1. The molecule has 9 heteroatoms. The van der Waals surface area contributed by atoms with Gasteiger partial charge in [0.05, 0.1) is 48.4 Å². The minimum absolute atomic E-state index is 0.0324. The molecule has 0 radical (unpaired) electrons. The van der Waals surface area contributed by atoms with Crippen molar-refractivity contribution in [3.63, 3.8) is 0 Å². The maximum Gasteiger partial charge on any atom is 0.310 e. The third kappa shape index (κ3) is 7.21. The van der Waals surface area contributed by atoms with E-state index >= 15 is 0 Å². The Kier molecular flexibility index (Phi) is 12.5. The lowest BCUT2D eigenvalue weighted by Crippen LogP contribution is -2.70. The first-order valence-electron chi connectivity index (χ1n) is 23.3. The van der Waals surface area contributed by atoms with Gasteiger partial charge in [0.2, 0.25) is 10.0 Å². The number of rotatable bonds is 13. The minimum atomic E-state index is -3.80. The molecule has 7 rings (SSSR count). The van der Waals surface area contributed by atoms with Crippen molar-refractivity contribution in [2.24, 2.45) is 62.6 Å². The van der Waals surface area contributed by atoms with Gasteiger partial charge in [0, 0.05) is 25.0 Å². The number of carbonyl (C=O) groups excluding carboxylic acids is 1. The Morgan fingerprint density at radius 1 is 0.934 bits per heavy atom. The summed E-state index contributed by atoms with van der Waals surface area (Å²) in [4.78, 5) is 15.1. The van der Waals surface area contributed by atoms with Gasteiger partial charge in [-0.05, 0) is 116 Å². The third-order valence-corrected chi connectivity index (χ3v) is 20.8. The standard InChI is InChI=1S/C52H77NO7S/c1-34(2)37(6)47(7)27-28-49(9)40-23-24-43-48(8)31-58-33-52(43,41(40)25-26-50(49,10)44(47)46(54)59-30-38-17-15-14-16-18-38)29-42(57-13)45(48)60-32-51(11,35(3)4)53(12)61(55,56)39-21-19-36(5)20-22-39/h14-22,25,34-35,37,40,42-45H,23-24,26-33H2,1-13H3/t37-,40+,42-,43+,44-,45+,47-,48?,49-,50+,51+,52+/m1/s1. The highest BCUT2D eigenvalue weighted by Crippen LogP contribution is 2.75. The molecule has 0 N–H and O–H groups in total. The number of hydrogen-bond acceptors (Lipinski definition) is 7. The van der Waals surface area contributed by atoms with Gasteiger partial charge in [0.15, 0.2) is 0 Å². The number of fused-ring (bicyclic) bond motifs is 3. The van der Waals surface area contributed by atoms with Crippen molar-refractivity contribution in [1.29, 1.82) is 0 Å². The summed E-state index contributed by atoms with van der Waals surface area (Å²) in [6.07, 6.45) is 7.80. The Hall–Kier alpha value is -2.56. The number of methoxy groups -OCH3 is 1. The second kappa shape index (κ2) is 16.5. The van der Waals surface area contributed by atoms with Gasteiger partial charge in [-0.3, -0.25) is 4.79 Å². The van der Waals surface area contributed by atoms with Crippen molar-refractivity contribution in [2.45, 2.75) is 144 Å². The Morgan fingerprint density at radius 2 is 1.61 bits per heavy atom. The van der Waals surface area contributed by atoms with Crippen LogP contribution >= 0.6 is 0 Å². The highest BCUT2D eigenvalue weighted by molar-refractivity contribution is 7.89. The lowest BCUT2D eigenvalue weighted by molar-refractivity contribution is -0.271. The van der Waals surface area contributed by atoms with Gasteiger partial charge < -0.3 is 18.9 Å². The number of sulfonamides is 1. The molecule has 4 aliphatic carbocycles. The van der Waals surface area contributed by atoms with Gasteiger partial charge in [-0.1, -0.05) is 122 Å². The number of benzene rings is 2. The number of esters is 1. The van der Waals surface area contributed by atoms with E-state index in [1.165, 1.54) is 9.88 Å². The number of hydrogen-bond donors (Lipinski definition) is 0. The first-order valence-corrected chi connectivity index (χ1v) is 24.7. The van der Waals surface area contributed by atoms with E-state index in [0.717, 1.165) is 49.7 Å². The first kappa shape index (κ1) is 46.4. The normalized spacial score (nSPS) is 37.6. The lowest BCUT2D eigenvalue weighted by atomic mass is 9.34. The summed E-state index contributed by atoms with van der Waals surface area (Å²) >= 11 is 0. The molecule has 2 bridgehead atoms. The molecule has 5 aliphatic rings. The Labute approximate surface area is 369 Å². The van der Waals surface area contributed by atoms with Crippen LogP contribution in [0, 0.1) is 69.5 Å². The fourth-order valence-corrected chi connectivity index (χ4v) is 15.5. The molecule has 2 aromatic carbocycles. The van der Waals surface area contributed by atoms with Crippen LogP contribution in [0.1, 0.15) is 119 Å². The van der Waals surface area contributed by atoms with Crippen molar-refractivity contribution in [3.05, 3.63) is 77.4 Å². The molecule has 8 nitrogen and oxygen atoms in total. The number of ether oxygens (including phenoxy) is 4. The summed E-state index contributed by atoms with van der Waals surface area (Å²) in [6.45, 7) is 26.5. The summed E-state index contributed by atoms with van der Waals surface area (Å²) in [5, 5.41) is 0. The predicted octanol–water partition coefficient (Wildman–Crippen LogP) is 10.7. The minimum Gasteiger partial charge on any atom is -0.461 e. The van der Waals surface area contributed by atoms with E-state index < -0.39 is 15.6 Å². The number of carbonyl (C=O) groups is 1. The van der Waals surface area contributed by atoms with Gasteiger partial charge in [-0.25, -0.2) is 8.42 Å². The van der Waals surface area contributed by atoms with E-state index in [4.69, 9.17) is 18.9 Å². The largest absolute Gasteiger partial charge is 0.461 e. The van der Waals surface area contributed by atoms with Gasteiger partial charge in [0.1, 0.15) is 6.61 Å². The van der Waals surface area contributed by atoms with E-state index in [9.17, 15) is 13.2 Å². The second-order valence-electron chi connectivity index (χ2n) is 22.1. The average Bonchev–Trinajstić information content (AvgIpc) is 3.22. The maximum atomic E-state index is 14.9. The molecule has 12 atom stereocenters. The first-order chi connectivity index (χ1) is 28.6. The molecular weight excluding hydrogens is 783 g/mol. The van der Waals surface area contributed by atoms with Crippen LogP contribution in [0.15, 0.2) is 71.1 Å². The monoisotopic (exact) mass is 860 g/mol. The Bertz CT molecular complexity index is 2050. The smallest absolute Gasteiger partial charge is 0.310 e. The van der Waals surface area contributed by atoms with Gasteiger partial charge in [-0.15, -0.1) is 0 Å². The van der Waals surface area contributed by atoms with E-state index in [-0.39, 0.29) is 75.2 Å². The number of aryl methyl sites for hydroxylation is 1. The van der Waals surface area contributed by atoms with Gasteiger partial charge in [0.25, 0.3) is 0 Å². The second-order valence-corrected chi connectivity index (χ2v) is 24.1. The zero-order chi connectivity index (χ0) is 44.6. The fourth-order valence-electron chi connectivity index (χ4n) is 13.9. The molecule has 4 fully saturated rings. The Morgan fingerprint density at radius 3 is 2.23 bits per heavy atom. The molecule has 0 amide bonds. The summed E-state index contributed by atoms with van der Waals surface area (Å²) in [5.74, 6) is 1.05. The molecule has 338 valence electrons. The van der Waals surface area contributed by atoms with Crippen molar-refractivity contribution in [1.82, 2.24) is 4.31 Å². The van der Waals surface area contributed by atoms with E-state index in [0.29, 0.717) is 36.9 Å². The average molecular weight is 860 g/mol. The fraction of sp³-hybridized carbons (Fsp3) is 0.712. The summed E-state index contributed by atoms with van der Waals surface area (Å²) in [5.41, 5.74) is 1.50. The summed E-state index contributed by atoms with van der Waals surface area (Å²) in [7, 11) is -0.293. The van der Waals surface area contributed by atoms with Crippen LogP contribution in [-0.2, 0) is 40.4 Å². The van der Waals surface area contributed by atoms with Crippen LogP contribution in [0.2, 0.25) is 0 Å². The van der Waals surface area contributed by atoms with Gasteiger partial charge in [-0.2, -0.15) is 4.31 Å². The third-order valence-electron chi connectivity index (χ3n) is 18.8. The lowest BCUT2D eigenvalue weighted by Gasteiger charge is -2.71. The van der Waals surface area contributed by atoms with Gasteiger partial charge >= 0.3 is 5.97 Å². The van der Waals surface area contributed by atoms with Crippen LogP contribution in [0.5, 0.6) is 0 Å². The van der Waals surface area contributed by atoms with E-state index in [1.807, 2.05) is 63.4 Å². The highest BCUT2D eigenvalue weighted by atomic mass is 32.2. The van der Waals surface area contributed by atoms with E-state index in [2.05, 4.69) is 68.4 Å². The van der Waals surface area contributed by atoms with Crippen molar-refractivity contribution in [2.75, 3.05) is 34.0 Å². The van der Waals surface area contributed by atoms with E-state index in [1.54, 1.807) is 19.2 Å². The van der Waals surface area contributed by atoms with Crippen molar-refractivity contribution >= 4 is 16.0 Å². The van der Waals surface area contributed by atoms with Crippen LogP contribution in [-0.4, -0.2) is 70.4 Å². The van der Waals surface area contributed by atoms with Crippen LogP contribution in [0.25, 0.3) is 0 Å². The molecule has 61 heavy (non-hydrogen) atoms. The molecule has 1 aliphatic heterocycles. The molecule has 1 unspecified atom stereocenters. The van der Waals surface area contributed by atoms with Crippen LogP contribution < -0.4 is 0 Å². The quantitative estimate of drug-likeness (QED) is 0.146. The topological polar surface area (TPSA) is 91.4 Å². The van der Waals surface area contributed by atoms with Crippen LogP contribution in [0.4, 0.5) is 0 Å². The molecule has 0 aromatic heterocycles. The summed E-state index contributed by atoms with van der Waals surface area (Å²) < 4.78 is 56.6. The molecule has 1 heterocycles. The SMILES string of the molecule is CO[C@@H]1C[C@@]23COCC(C)([C@H]1OC[C@@](C)(C(C)C)N(C)S(=O)(=O)c1ccc(C)cc1)[C@@H]2CC[C@H]1C3=CC[C@@]2(C)[C@H](C(=O)OCc3ccccc3)[C@@](C)([C@H](C)C(C)C)CC[C@]12C. The number of likely N-dealkylation sites (N-methyl/N-ethyl adjacent to an activating group) is 1. The molecule has 2 aromatic rings. The van der Waals surface area contributed by atoms with Crippen LogP contribution in [0.3, 0.4) is 0 Å². The highest BCUT2D eigenvalue weighted by Gasteiger charge is 2.72. The predicted molar refractivity (Wildman–Crippen MR) is 242 cm³/mol. The zero-order valence-electron chi connectivity index (χ0n) is 39.7. The Balaban J connectivity index is 1.21. The van der Waals surface area contributed by atoms with Crippen molar-refractivity contribution in [3.8, 4) is 0 Å². The summed E-state index contributed by atoms with van der Waals surface area (Å²) in [6, 6.07) is 17.2. The number of nitrogens with zero attached hydrogens (tertiary/aromatic N) is 1. The zero-order valence-corrected chi connectivity index (χ0v) is 40.5. The molecule has 0 spiro atoms. The van der Waals surface area contributed by atoms with Crippen molar-refractivity contribution < 1.29 is 32.2 Å². The molecular formula is C52H77NO7S.